The van der Waals surface area contributed by atoms with Gasteiger partial charge in [-0.05, 0) is 62.7 Å². The van der Waals surface area contributed by atoms with Crippen LogP contribution in [0.2, 0.25) is 5.02 Å². The van der Waals surface area contributed by atoms with Crippen molar-refractivity contribution in [3.05, 3.63) is 81.9 Å². The van der Waals surface area contributed by atoms with Crippen LogP contribution in [0, 0.1) is 19.7 Å². The van der Waals surface area contributed by atoms with Gasteiger partial charge >= 0.3 is 0 Å². The number of carbonyl (C=O) groups is 1. The summed E-state index contributed by atoms with van der Waals surface area (Å²) in [6, 6.07) is 13.4. The van der Waals surface area contributed by atoms with E-state index < -0.39 is 0 Å². The molecule has 3 aromatic rings. The van der Waals surface area contributed by atoms with Gasteiger partial charge in [-0.25, -0.2) is 9.07 Å². The highest BCUT2D eigenvalue weighted by Gasteiger charge is 2.17. The molecule has 6 heteroatoms. The molecule has 0 aliphatic carbocycles. The maximum Gasteiger partial charge on any atom is 0.225 e. The number of nitrogens with one attached hydrogen (secondary N) is 1. The van der Waals surface area contributed by atoms with E-state index in [9.17, 15) is 9.18 Å². The predicted molar refractivity (Wildman–Crippen MR) is 105 cm³/mol. The number of hydrogen-bond acceptors (Lipinski definition) is 2. The number of hydrogen-bond donors (Lipinski definition) is 1. The van der Waals surface area contributed by atoms with Crippen LogP contribution in [0.25, 0.3) is 5.69 Å². The summed E-state index contributed by atoms with van der Waals surface area (Å²) < 4.78 is 14.9. The van der Waals surface area contributed by atoms with Crippen molar-refractivity contribution in [2.24, 2.45) is 0 Å². The maximum atomic E-state index is 13.2. The molecule has 0 aliphatic rings. The van der Waals surface area contributed by atoms with Gasteiger partial charge in [-0.15, -0.1) is 0 Å². The van der Waals surface area contributed by atoms with Crippen molar-refractivity contribution in [3.63, 3.8) is 0 Å². The second kappa shape index (κ2) is 7.92. The number of halogens is 2. The molecule has 0 saturated heterocycles. The van der Waals surface area contributed by atoms with Gasteiger partial charge in [0.15, 0.2) is 0 Å². The van der Waals surface area contributed by atoms with Crippen LogP contribution in [0.3, 0.4) is 0 Å². The van der Waals surface area contributed by atoms with Crippen molar-refractivity contribution in [2.45, 2.75) is 33.2 Å². The first-order chi connectivity index (χ1) is 12.8. The Balaban J connectivity index is 1.74. The quantitative estimate of drug-likeness (QED) is 0.691. The van der Waals surface area contributed by atoms with E-state index in [2.05, 4.69) is 10.4 Å². The minimum Gasteiger partial charge on any atom is -0.349 e. The van der Waals surface area contributed by atoms with Crippen molar-refractivity contribution >= 4 is 17.5 Å². The summed E-state index contributed by atoms with van der Waals surface area (Å²) in [5, 5.41) is 8.18. The molecule has 1 amide bonds. The van der Waals surface area contributed by atoms with Gasteiger partial charge in [-0.2, -0.15) is 5.10 Å². The van der Waals surface area contributed by atoms with Crippen LogP contribution < -0.4 is 5.32 Å². The fraction of sp³-hybridized carbons (Fsp3) is 0.238. The van der Waals surface area contributed by atoms with Crippen LogP contribution in [-0.2, 0) is 11.2 Å². The van der Waals surface area contributed by atoms with Crippen molar-refractivity contribution < 1.29 is 9.18 Å². The van der Waals surface area contributed by atoms with Crippen molar-refractivity contribution in [2.75, 3.05) is 0 Å². The Morgan fingerprint density at radius 3 is 2.41 bits per heavy atom. The summed E-state index contributed by atoms with van der Waals surface area (Å²) in [6.07, 6.45) is 0.233. The molecule has 1 atom stereocenters. The van der Waals surface area contributed by atoms with E-state index >= 15 is 0 Å². The van der Waals surface area contributed by atoms with E-state index in [0.29, 0.717) is 5.02 Å². The third kappa shape index (κ3) is 4.37. The average Bonchev–Trinajstić information content (AvgIpc) is 2.91. The van der Waals surface area contributed by atoms with Gasteiger partial charge in [0.25, 0.3) is 0 Å². The highest BCUT2D eigenvalue weighted by molar-refractivity contribution is 6.30. The molecule has 0 fully saturated rings. The minimum absolute atomic E-state index is 0.0812. The Kier molecular flexibility index (Phi) is 5.61. The molecular formula is C21H21ClFN3O. The average molecular weight is 386 g/mol. The number of amides is 1. The van der Waals surface area contributed by atoms with Gasteiger partial charge < -0.3 is 5.32 Å². The molecule has 0 spiro atoms. The normalized spacial score (nSPS) is 12.0. The van der Waals surface area contributed by atoms with Crippen LogP contribution in [0.15, 0.2) is 48.5 Å². The van der Waals surface area contributed by atoms with E-state index in [4.69, 9.17) is 11.6 Å². The van der Waals surface area contributed by atoms with E-state index in [1.54, 1.807) is 28.9 Å². The number of benzene rings is 2. The second-order valence-corrected chi connectivity index (χ2v) is 6.99. The highest BCUT2D eigenvalue weighted by Crippen LogP contribution is 2.20. The monoisotopic (exact) mass is 385 g/mol. The molecule has 4 nitrogen and oxygen atoms in total. The minimum atomic E-state index is -0.295. The van der Waals surface area contributed by atoms with E-state index in [1.165, 1.54) is 12.1 Å². The largest absolute Gasteiger partial charge is 0.349 e. The summed E-state index contributed by atoms with van der Waals surface area (Å²) in [7, 11) is 0. The smallest absolute Gasteiger partial charge is 0.225 e. The van der Waals surface area contributed by atoms with Crippen molar-refractivity contribution in [1.82, 2.24) is 15.1 Å². The maximum absolute atomic E-state index is 13.2. The first-order valence-electron chi connectivity index (χ1n) is 8.71. The summed E-state index contributed by atoms with van der Waals surface area (Å²) in [5.74, 6) is -0.377. The summed E-state index contributed by atoms with van der Waals surface area (Å²) in [4.78, 5) is 12.5. The molecular weight excluding hydrogens is 365 g/mol. The zero-order valence-electron chi connectivity index (χ0n) is 15.5. The first kappa shape index (κ1) is 19.1. The third-order valence-corrected chi connectivity index (χ3v) is 4.85. The number of nitrogens with zero attached hydrogens (tertiary/aromatic N) is 2. The SMILES string of the molecule is Cc1nn(-c2ccc(F)cc2)c(C)c1CC(=O)NC(C)c1ccc(Cl)cc1. The molecule has 2 aromatic carbocycles. The van der Waals surface area contributed by atoms with Crippen LogP contribution in [0.1, 0.15) is 35.5 Å². The molecule has 1 aromatic heterocycles. The van der Waals surface area contributed by atoms with Gasteiger partial charge in [-0.1, -0.05) is 23.7 Å². The van der Waals surface area contributed by atoms with E-state index in [-0.39, 0.29) is 24.2 Å². The standard InChI is InChI=1S/C21H21ClFN3O/c1-13(16-4-6-17(22)7-5-16)24-21(27)12-20-14(2)25-26(15(20)3)19-10-8-18(23)9-11-19/h4-11,13H,12H2,1-3H3,(H,24,27). The van der Waals surface area contributed by atoms with E-state index in [1.807, 2.05) is 32.9 Å². The molecule has 1 N–H and O–H groups in total. The van der Waals surface area contributed by atoms with Crippen LogP contribution in [0.4, 0.5) is 4.39 Å². The lowest BCUT2D eigenvalue weighted by molar-refractivity contribution is -0.121. The second-order valence-electron chi connectivity index (χ2n) is 6.56. The number of aromatic nitrogens is 2. The van der Waals surface area contributed by atoms with Gasteiger partial charge in [0.1, 0.15) is 5.82 Å². The molecule has 0 saturated carbocycles. The molecule has 0 aliphatic heterocycles. The fourth-order valence-electron chi connectivity index (χ4n) is 3.05. The zero-order chi connectivity index (χ0) is 19.6. The number of carbonyl (C=O) groups excluding carboxylic acids is 1. The Hall–Kier alpha value is -2.66. The lowest BCUT2D eigenvalue weighted by Crippen LogP contribution is -2.28. The highest BCUT2D eigenvalue weighted by atomic mass is 35.5. The Morgan fingerprint density at radius 2 is 1.78 bits per heavy atom. The lowest BCUT2D eigenvalue weighted by atomic mass is 10.1. The molecule has 1 heterocycles. The van der Waals surface area contributed by atoms with Crippen molar-refractivity contribution in [3.8, 4) is 5.69 Å². The molecule has 0 bridgehead atoms. The molecule has 0 radical (unpaired) electrons. The fourth-order valence-corrected chi connectivity index (χ4v) is 3.18. The van der Waals surface area contributed by atoms with Gasteiger partial charge in [0.05, 0.1) is 23.8 Å². The first-order valence-corrected chi connectivity index (χ1v) is 9.09. The van der Waals surface area contributed by atoms with E-state index in [0.717, 1.165) is 28.2 Å². The van der Waals surface area contributed by atoms with Crippen LogP contribution >= 0.6 is 11.6 Å². The van der Waals surface area contributed by atoms with Crippen LogP contribution in [0.5, 0.6) is 0 Å². The van der Waals surface area contributed by atoms with Crippen molar-refractivity contribution in [1.29, 1.82) is 0 Å². The Bertz CT molecular complexity index is 949. The molecule has 3 rings (SSSR count). The molecule has 27 heavy (non-hydrogen) atoms. The van der Waals surface area contributed by atoms with Gasteiger partial charge in [-0.3, -0.25) is 4.79 Å². The predicted octanol–water partition coefficient (Wildman–Crippen LogP) is 4.70. The van der Waals surface area contributed by atoms with Gasteiger partial charge in [0, 0.05) is 16.3 Å². The lowest BCUT2D eigenvalue weighted by Gasteiger charge is -2.14. The summed E-state index contributed by atoms with van der Waals surface area (Å²) in [5.41, 5.74) is 4.28. The summed E-state index contributed by atoms with van der Waals surface area (Å²) in [6.45, 7) is 5.72. The topological polar surface area (TPSA) is 46.9 Å². The van der Waals surface area contributed by atoms with Crippen LogP contribution in [-0.4, -0.2) is 15.7 Å². The third-order valence-electron chi connectivity index (χ3n) is 4.60. The molecule has 140 valence electrons. The molecule has 1 unspecified atom stereocenters. The zero-order valence-corrected chi connectivity index (χ0v) is 16.2. The Labute approximate surface area is 163 Å². The van der Waals surface area contributed by atoms with Gasteiger partial charge in [0.2, 0.25) is 5.91 Å². The number of aryl methyl sites for hydroxylation is 1. The summed E-state index contributed by atoms with van der Waals surface area (Å²) >= 11 is 5.91. The Morgan fingerprint density at radius 1 is 1.15 bits per heavy atom. The number of rotatable bonds is 5.